The van der Waals surface area contributed by atoms with Gasteiger partial charge in [-0.1, -0.05) is 127 Å². The van der Waals surface area contributed by atoms with Gasteiger partial charge in [-0.15, -0.1) is 0 Å². The lowest BCUT2D eigenvalue weighted by molar-refractivity contribution is -0.305. The number of carbonyl (C=O) groups is 1. The molecule has 0 spiro atoms. The number of esters is 1. The van der Waals surface area contributed by atoms with Gasteiger partial charge in [-0.25, -0.2) is 0 Å². The first-order chi connectivity index (χ1) is 24.9. The summed E-state index contributed by atoms with van der Waals surface area (Å²) in [5, 5.41) is 40.0. The maximum Gasteiger partial charge on any atom is 0.306 e. The molecule has 0 aromatic rings. The van der Waals surface area contributed by atoms with Crippen LogP contribution in [0, 0.1) is 0 Å². The van der Waals surface area contributed by atoms with E-state index >= 15 is 0 Å². The van der Waals surface area contributed by atoms with Gasteiger partial charge in [0.1, 0.15) is 30.5 Å². The van der Waals surface area contributed by atoms with Crippen molar-refractivity contribution < 1.29 is 44.2 Å². The maximum absolute atomic E-state index is 12.7. The predicted octanol–water partition coefficient (Wildman–Crippen LogP) is 8.41. The number of carbonyl (C=O) groups excluding carboxylic acids is 1. The van der Waals surface area contributed by atoms with Gasteiger partial charge in [0.25, 0.3) is 0 Å². The molecular weight excluding hydrogens is 648 g/mol. The summed E-state index contributed by atoms with van der Waals surface area (Å²) in [6.07, 6.45) is 31.6. The van der Waals surface area contributed by atoms with E-state index in [-0.39, 0.29) is 19.2 Å². The van der Waals surface area contributed by atoms with E-state index in [0.29, 0.717) is 13.0 Å². The second kappa shape index (κ2) is 34.2. The molecule has 1 rings (SSSR count). The van der Waals surface area contributed by atoms with Crippen LogP contribution in [-0.4, -0.2) is 89.6 Å². The molecule has 298 valence electrons. The number of allylic oxidation sites excluding steroid dienone is 6. The Bertz CT molecular complexity index is 874. The van der Waals surface area contributed by atoms with Gasteiger partial charge >= 0.3 is 5.97 Å². The van der Waals surface area contributed by atoms with E-state index in [9.17, 15) is 25.2 Å². The average Bonchev–Trinajstić information content (AvgIpc) is 3.13. The lowest BCUT2D eigenvalue weighted by Gasteiger charge is -2.39. The topological polar surface area (TPSA) is 135 Å². The van der Waals surface area contributed by atoms with Crippen LogP contribution in [0.25, 0.3) is 0 Å². The SMILES string of the molecule is CCCC/C=C\C/C=C\CCCCCCCC(=O)OC(COCCCCCCCC/C=C\CCCCCC)COC1OC(CO)C(O)C(O)C1O. The lowest BCUT2D eigenvalue weighted by Crippen LogP contribution is -2.59. The Morgan fingerprint density at radius 2 is 1.16 bits per heavy atom. The predicted molar refractivity (Wildman–Crippen MR) is 205 cm³/mol. The molecule has 0 bridgehead atoms. The van der Waals surface area contributed by atoms with Gasteiger partial charge in [0.2, 0.25) is 0 Å². The molecule has 1 aliphatic heterocycles. The van der Waals surface area contributed by atoms with E-state index in [1.807, 2.05) is 0 Å². The monoisotopic (exact) mass is 725 g/mol. The van der Waals surface area contributed by atoms with Crippen LogP contribution < -0.4 is 0 Å². The molecule has 1 aliphatic rings. The van der Waals surface area contributed by atoms with E-state index in [2.05, 4.69) is 50.3 Å². The molecule has 1 heterocycles. The first-order valence-corrected chi connectivity index (χ1v) is 20.6. The van der Waals surface area contributed by atoms with Crippen LogP contribution in [0.15, 0.2) is 36.5 Å². The first-order valence-electron chi connectivity index (χ1n) is 20.6. The molecule has 0 saturated carbocycles. The van der Waals surface area contributed by atoms with E-state index in [0.717, 1.165) is 70.6 Å². The zero-order valence-electron chi connectivity index (χ0n) is 32.4. The largest absolute Gasteiger partial charge is 0.457 e. The number of rotatable bonds is 34. The summed E-state index contributed by atoms with van der Waals surface area (Å²) < 4.78 is 22.7. The molecule has 0 aromatic carbocycles. The molecule has 6 unspecified atom stereocenters. The van der Waals surface area contributed by atoms with E-state index < -0.39 is 43.4 Å². The molecule has 6 atom stereocenters. The van der Waals surface area contributed by atoms with Crippen LogP contribution in [0.5, 0.6) is 0 Å². The molecule has 0 amide bonds. The normalized spacial score (nSPS) is 21.7. The highest BCUT2D eigenvalue weighted by atomic mass is 16.7. The Labute approximate surface area is 310 Å². The summed E-state index contributed by atoms with van der Waals surface area (Å²) in [7, 11) is 0. The van der Waals surface area contributed by atoms with E-state index in [1.165, 1.54) is 70.6 Å². The molecule has 51 heavy (non-hydrogen) atoms. The van der Waals surface area contributed by atoms with Gasteiger partial charge < -0.3 is 39.4 Å². The van der Waals surface area contributed by atoms with Gasteiger partial charge in [0.15, 0.2) is 6.29 Å². The van der Waals surface area contributed by atoms with Crippen molar-refractivity contribution in [1.29, 1.82) is 0 Å². The molecule has 9 nitrogen and oxygen atoms in total. The minimum atomic E-state index is -1.54. The van der Waals surface area contributed by atoms with Gasteiger partial charge in [-0.05, 0) is 64.2 Å². The summed E-state index contributed by atoms with van der Waals surface area (Å²) in [6.45, 7) is 4.46. The zero-order valence-corrected chi connectivity index (χ0v) is 32.4. The second-order valence-corrected chi connectivity index (χ2v) is 14.1. The van der Waals surface area contributed by atoms with Crippen molar-refractivity contribution in [3.05, 3.63) is 36.5 Å². The summed E-state index contributed by atoms with van der Waals surface area (Å²) >= 11 is 0. The van der Waals surface area contributed by atoms with Crippen LogP contribution in [0.2, 0.25) is 0 Å². The minimum Gasteiger partial charge on any atom is -0.457 e. The van der Waals surface area contributed by atoms with Crippen LogP contribution >= 0.6 is 0 Å². The summed E-state index contributed by atoms with van der Waals surface area (Å²) in [6, 6.07) is 0. The lowest BCUT2D eigenvalue weighted by atomic mass is 9.99. The van der Waals surface area contributed by atoms with Crippen molar-refractivity contribution in [3.8, 4) is 0 Å². The Morgan fingerprint density at radius 1 is 0.627 bits per heavy atom. The van der Waals surface area contributed by atoms with Crippen molar-refractivity contribution in [2.24, 2.45) is 0 Å². The van der Waals surface area contributed by atoms with E-state index in [1.54, 1.807) is 0 Å². The van der Waals surface area contributed by atoms with E-state index in [4.69, 9.17) is 18.9 Å². The average molecular weight is 725 g/mol. The van der Waals surface area contributed by atoms with Crippen molar-refractivity contribution in [3.63, 3.8) is 0 Å². The Balaban J connectivity index is 2.32. The van der Waals surface area contributed by atoms with Crippen LogP contribution in [0.4, 0.5) is 0 Å². The highest BCUT2D eigenvalue weighted by molar-refractivity contribution is 5.69. The van der Waals surface area contributed by atoms with Crippen molar-refractivity contribution in [1.82, 2.24) is 0 Å². The molecule has 4 N–H and O–H groups in total. The van der Waals surface area contributed by atoms with Crippen molar-refractivity contribution >= 4 is 5.97 Å². The summed E-state index contributed by atoms with van der Waals surface area (Å²) in [4.78, 5) is 12.7. The Kier molecular flexibility index (Phi) is 31.8. The number of unbranched alkanes of at least 4 members (excludes halogenated alkanes) is 17. The fraction of sp³-hybridized carbons (Fsp3) is 0.833. The van der Waals surface area contributed by atoms with Crippen LogP contribution in [0.1, 0.15) is 162 Å². The Morgan fingerprint density at radius 3 is 1.76 bits per heavy atom. The highest BCUT2D eigenvalue weighted by Crippen LogP contribution is 2.22. The molecule has 0 aliphatic carbocycles. The van der Waals surface area contributed by atoms with Gasteiger partial charge in [-0.2, -0.15) is 0 Å². The van der Waals surface area contributed by atoms with Gasteiger partial charge in [0, 0.05) is 13.0 Å². The third-order valence-electron chi connectivity index (χ3n) is 9.28. The number of aliphatic hydroxyl groups is 4. The fourth-order valence-electron chi connectivity index (χ4n) is 5.97. The summed E-state index contributed by atoms with van der Waals surface area (Å²) in [5.74, 6) is -0.331. The molecule has 1 saturated heterocycles. The molecule has 0 aromatic heterocycles. The Hall–Kier alpha value is -1.59. The minimum absolute atomic E-state index is 0.121. The van der Waals surface area contributed by atoms with Crippen molar-refractivity contribution in [2.75, 3.05) is 26.4 Å². The van der Waals surface area contributed by atoms with Gasteiger partial charge in [-0.3, -0.25) is 4.79 Å². The summed E-state index contributed by atoms with van der Waals surface area (Å²) in [5.41, 5.74) is 0. The van der Waals surface area contributed by atoms with Crippen LogP contribution in [0.3, 0.4) is 0 Å². The number of hydrogen-bond acceptors (Lipinski definition) is 9. The standard InChI is InChI=1S/C42H76O9/c1-3-5-7-9-11-13-15-17-19-21-23-25-27-29-31-38(44)50-36(35-49-42-41(47)40(46)39(45)37(33-43)51-42)34-48-32-30-28-26-24-22-20-18-16-14-12-10-8-6-4-2/h9,11,14-17,36-37,39-43,45-47H,3-8,10,12-13,18-35H2,1-2H3/b11-9-,16-14-,17-15-. The number of hydrogen-bond donors (Lipinski definition) is 4. The molecule has 1 fully saturated rings. The first kappa shape index (κ1) is 47.4. The second-order valence-electron chi connectivity index (χ2n) is 14.1. The van der Waals surface area contributed by atoms with Crippen molar-refractivity contribution in [2.45, 2.75) is 198 Å². The van der Waals surface area contributed by atoms with Gasteiger partial charge in [0.05, 0.1) is 19.8 Å². The number of ether oxygens (including phenoxy) is 4. The third-order valence-corrected chi connectivity index (χ3v) is 9.28. The van der Waals surface area contributed by atoms with Crippen LogP contribution in [-0.2, 0) is 23.7 Å². The molecule has 0 radical (unpaired) electrons. The third kappa shape index (κ3) is 25.9. The quantitative estimate of drug-likeness (QED) is 0.0293. The molecular formula is C42H76O9. The number of aliphatic hydroxyl groups excluding tert-OH is 4. The molecule has 9 heteroatoms. The highest BCUT2D eigenvalue weighted by Gasteiger charge is 2.44. The fourth-order valence-corrected chi connectivity index (χ4v) is 5.97. The smallest absolute Gasteiger partial charge is 0.306 e. The maximum atomic E-state index is 12.7. The zero-order chi connectivity index (χ0) is 37.2.